The van der Waals surface area contributed by atoms with E-state index in [1.807, 2.05) is 0 Å². The molecule has 8 aliphatic carbocycles. The van der Waals surface area contributed by atoms with Crippen LogP contribution in [0.4, 0.5) is 0 Å². The SMILES string of the molecule is C1CC2CCCC2C1.C1CCC2C(C1)CCC2CC1CCCC2CCCC21.CC1CCCC2CCCC12. The summed E-state index contributed by atoms with van der Waals surface area (Å²) in [6.07, 6.45) is 39.1. The summed E-state index contributed by atoms with van der Waals surface area (Å²) < 4.78 is 0. The lowest BCUT2D eigenvalue weighted by Gasteiger charge is -2.37. The molecule has 212 valence electrons. The number of rotatable bonds is 2. The van der Waals surface area contributed by atoms with E-state index in [1.165, 1.54) is 43.9 Å². The first-order valence-corrected chi connectivity index (χ1v) is 18.3. The molecule has 0 radical (unpaired) electrons. The smallest absolute Gasteiger partial charge is 0.0357 e. The number of fused-ring (bicyclic) bond motifs is 4. The molecule has 0 bridgehead atoms. The maximum absolute atomic E-state index is 2.46. The van der Waals surface area contributed by atoms with Gasteiger partial charge in [0.15, 0.2) is 0 Å². The van der Waals surface area contributed by atoms with Crippen LogP contribution in [0, 0.1) is 65.1 Å². The molecule has 8 fully saturated rings. The summed E-state index contributed by atoms with van der Waals surface area (Å²) in [5.74, 6) is 12.6. The van der Waals surface area contributed by atoms with E-state index in [9.17, 15) is 0 Å². The highest BCUT2D eigenvalue weighted by atomic mass is 14.5. The van der Waals surface area contributed by atoms with Gasteiger partial charge in [0.1, 0.15) is 0 Å². The van der Waals surface area contributed by atoms with Gasteiger partial charge < -0.3 is 0 Å². The van der Waals surface area contributed by atoms with E-state index in [4.69, 9.17) is 0 Å². The Kier molecular flexibility index (Phi) is 9.63. The van der Waals surface area contributed by atoms with Crippen LogP contribution in [-0.2, 0) is 0 Å². The Balaban J connectivity index is 0.000000116. The third-order valence-electron chi connectivity index (χ3n) is 14.2. The maximum atomic E-state index is 2.46. The fourth-order valence-electron chi connectivity index (χ4n) is 12.3. The molecule has 0 nitrogen and oxygen atoms in total. The Morgan fingerprint density at radius 3 is 1.41 bits per heavy atom. The van der Waals surface area contributed by atoms with E-state index in [0.29, 0.717) is 0 Å². The molecule has 0 spiro atoms. The second kappa shape index (κ2) is 13.1. The quantitative estimate of drug-likeness (QED) is 0.348. The molecule has 0 heteroatoms. The first-order chi connectivity index (χ1) is 18.3. The predicted molar refractivity (Wildman–Crippen MR) is 159 cm³/mol. The molecule has 8 aliphatic rings. The Morgan fingerprint density at radius 2 is 0.730 bits per heavy atom. The first-order valence-electron chi connectivity index (χ1n) is 18.3. The molecule has 0 aromatic heterocycles. The van der Waals surface area contributed by atoms with Crippen LogP contribution in [0.2, 0.25) is 0 Å². The Morgan fingerprint density at radius 1 is 0.324 bits per heavy atom. The second-order valence-electron chi connectivity index (χ2n) is 16.0. The van der Waals surface area contributed by atoms with Crippen molar-refractivity contribution in [1.82, 2.24) is 0 Å². The van der Waals surface area contributed by atoms with Crippen molar-refractivity contribution in [2.24, 2.45) is 65.1 Å². The van der Waals surface area contributed by atoms with Gasteiger partial charge in [-0.1, -0.05) is 129 Å². The number of hydrogen-bond acceptors (Lipinski definition) is 0. The Labute approximate surface area is 232 Å². The first kappa shape index (κ1) is 27.2. The van der Waals surface area contributed by atoms with Crippen LogP contribution in [-0.4, -0.2) is 0 Å². The fraction of sp³-hybridized carbons (Fsp3) is 1.00. The standard InChI is InChI=1S/C19H32.C10H18.C8H14/c1-2-9-18-15(5-1)11-12-17(18)13-16-8-3-6-14-7-4-10-19(14)16;1-8-4-2-5-9-6-3-7-10(8)9;1-3-7-5-2-6-8(7)4-1/h14-19H,1-13H2;8-10H,2-7H2,1H3;7-8H,1-6H2. The van der Waals surface area contributed by atoms with Crippen LogP contribution < -0.4 is 0 Å². The normalized spacial score (nSPS) is 48.1. The largest absolute Gasteiger partial charge is 0.0622 e. The maximum Gasteiger partial charge on any atom is -0.0357 e. The van der Waals surface area contributed by atoms with Gasteiger partial charge in [-0.05, 0) is 104 Å². The van der Waals surface area contributed by atoms with Crippen molar-refractivity contribution in [3.05, 3.63) is 0 Å². The molecule has 0 heterocycles. The molecule has 0 saturated heterocycles. The zero-order valence-electron chi connectivity index (χ0n) is 25.0. The minimum absolute atomic E-state index is 1.06. The van der Waals surface area contributed by atoms with Gasteiger partial charge in [0, 0.05) is 0 Å². The van der Waals surface area contributed by atoms with E-state index >= 15 is 0 Å². The van der Waals surface area contributed by atoms with Crippen LogP contribution >= 0.6 is 0 Å². The van der Waals surface area contributed by atoms with Crippen molar-refractivity contribution in [2.75, 3.05) is 0 Å². The highest BCUT2D eigenvalue weighted by molar-refractivity contribution is 4.93. The molecule has 0 aromatic rings. The Hall–Kier alpha value is 0. The van der Waals surface area contributed by atoms with Gasteiger partial charge in [-0.15, -0.1) is 0 Å². The molecular formula is C37H64. The average molecular weight is 509 g/mol. The van der Waals surface area contributed by atoms with E-state index in [1.54, 1.807) is 128 Å². The fourth-order valence-corrected chi connectivity index (χ4v) is 12.3. The summed E-state index contributed by atoms with van der Waals surface area (Å²) in [6.45, 7) is 2.46. The average Bonchev–Trinajstić information content (AvgIpc) is 3.74. The lowest BCUT2D eigenvalue weighted by molar-refractivity contribution is 0.126. The van der Waals surface area contributed by atoms with Crippen LogP contribution in [0.15, 0.2) is 0 Å². The van der Waals surface area contributed by atoms with Crippen LogP contribution in [0.3, 0.4) is 0 Å². The zero-order chi connectivity index (χ0) is 25.0. The predicted octanol–water partition coefficient (Wildman–Crippen LogP) is 11.6. The van der Waals surface area contributed by atoms with E-state index < -0.39 is 0 Å². The summed E-state index contributed by atoms with van der Waals surface area (Å²) in [4.78, 5) is 0. The molecule has 8 rings (SSSR count). The van der Waals surface area contributed by atoms with Gasteiger partial charge in [0.2, 0.25) is 0 Å². The molecule has 0 aromatic carbocycles. The van der Waals surface area contributed by atoms with Crippen molar-refractivity contribution in [3.8, 4) is 0 Å². The minimum atomic E-state index is 1.06. The molecule has 0 amide bonds. The van der Waals surface area contributed by atoms with Crippen molar-refractivity contribution in [3.63, 3.8) is 0 Å². The summed E-state index contributed by atoms with van der Waals surface area (Å²) in [5.41, 5.74) is 0. The minimum Gasteiger partial charge on any atom is -0.0622 e. The highest BCUT2D eigenvalue weighted by Gasteiger charge is 2.42. The summed E-state index contributed by atoms with van der Waals surface area (Å²) >= 11 is 0. The van der Waals surface area contributed by atoms with Gasteiger partial charge >= 0.3 is 0 Å². The second-order valence-corrected chi connectivity index (χ2v) is 16.0. The third-order valence-corrected chi connectivity index (χ3v) is 14.2. The van der Waals surface area contributed by atoms with Crippen molar-refractivity contribution in [2.45, 2.75) is 167 Å². The summed E-state index contributed by atoms with van der Waals surface area (Å²) in [5, 5.41) is 0. The van der Waals surface area contributed by atoms with E-state index in [-0.39, 0.29) is 0 Å². The van der Waals surface area contributed by atoms with Crippen molar-refractivity contribution < 1.29 is 0 Å². The van der Waals surface area contributed by atoms with Crippen LogP contribution in [0.5, 0.6) is 0 Å². The van der Waals surface area contributed by atoms with Gasteiger partial charge in [-0.25, -0.2) is 0 Å². The molecule has 0 aliphatic heterocycles. The van der Waals surface area contributed by atoms with Crippen molar-refractivity contribution in [1.29, 1.82) is 0 Å². The number of hydrogen-bond donors (Lipinski definition) is 0. The van der Waals surface area contributed by atoms with E-state index in [2.05, 4.69) is 6.92 Å². The Bertz CT molecular complexity index is 660. The molecule has 9 unspecified atom stereocenters. The van der Waals surface area contributed by atoms with Crippen molar-refractivity contribution >= 4 is 0 Å². The third kappa shape index (κ3) is 6.50. The van der Waals surface area contributed by atoms with Gasteiger partial charge in [-0.3, -0.25) is 0 Å². The molecule has 9 atom stereocenters. The summed E-state index contributed by atoms with van der Waals surface area (Å²) in [6, 6.07) is 0. The lowest BCUT2D eigenvalue weighted by atomic mass is 9.68. The van der Waals surface area contributed by atoms with E-state index in [0.717, 1.165) is 53.3 Å². The zero-order valence-corrected chi connectivity index (χ0v) is 25.0. The van der Waals surface area contributed by atoms with Gasteiger partial charge in [0.25, 0.3) is 0 Å². The highest BCUT2D eigenvalue weighted by Crippen LogP contribution is 2.53. The molecule has 8 saturated carbocycles. The van der Waals surface area contributed by atoms with Gasteiger partial charge in [0.05, 0.1) is 0 Å². The summed E-state index contributed by atoms with van der Waals surface area (Å²) in [7, 11) is 0. The molecule has 37 heavy (non-hydrogen) atoms. The van der Waals surface area contributed by atoms with Crippen LogP contribution in [0.1, 0.15) is 167 Å². The van der Waals surface area contributed by atoms with Crippen LogP contribution in [0.25, 0.3) is 0 Å². The molecular weight excluding hydrogens is 444 g/mol. The topological polar surface area (TPSA) is 0 Å². The lowest BCUT2D eigenvalue weighted by Crippen LogP contribution is -2.28. The molecule has 0 N–H and O–H groups in total. The monoisotopic (exact) mass is 509 g/mol. The van der Waals surface area contributed by atoms with Gasteiger partial charge in [-0.2, -0.15) is 0 Å².